The monoisotopic (exact) mass is 421 g/mol. The zero-order valence-corrected chi connectivity index (χ0v) is 16.4. The fraction of sp³-hybridized carbons (Fsp3) is 0.263. The Morgan fingerprint density at radius 1 is 1.00 bits per heavy atom. The van der Waals surface area contributed by atoms with Gasteiger partial charge in [-0.1, -0.05) is 23.2 Å². The van der Waals surface area contributed by atoms with Crippen molar-refractivity contribution in [2.75, 3.05) is 13.1 Å². The number of sulfonamides is 1. The van der Waals surface area contributed by atoms with E-state index in [4.69, 9.17) is 16.1 Å². The highest BCUT2D eigenvalue weighted by Gasteiger charge is 2.26. The summed E-state index contributed by atoms with van der Waals surface area (Å²) < 4.78 is 45.5. The van der Waals surface area contributed by atoms with Crippen LogP contribution >= 0.6 is 11.6 Å². The van der Waals surface area contributed by atoms with Gasteiger partial charge in [-0.2, -0.15) is 9.29 Å². The molecule has 146 valence electrons. The molecule has 28 heavy (non-hydrogen) atoms. The summed E-state index contributed by atoms with van der Waals surface area (Å²) in [6, 6.07) is 10.5. The van der Waals surface area contributed by atoms with Crippen molar-refractivity contribution in [3.05, 3.63) is 53.3 Å². The summed E-state index contributed by atoms with van der Waals surface area (Å²) in [7, 11) is -3.49. The minimum atomic E-state index is -3.49. The van der Waals surface area contributed by atoms with Gasteiger partial charge in [0.15, 0.2) is 0 Å². The van der Waals surface area contributed by atoms with Crippen molar-refractivity contribution in [2.24, 2.45) is 0 Å². The van der Waals surface area contributed by atoms with E-state index in [0.29, 0.717) is 30.0 Å². The highest BCUT2D eigenvalue weighted by molar-refractivity contribution is 7.89. The first-order valence-electron chi connectivity index (χ1n) is 8.85. The Hall–Kier alpha value is -2.29. The molecule has 0 atom stereocenters. The van der Waals surface area contributed by atoms with E-state index in [-0.39, 0.29) is 15.8 Å². The van der Waals surface area contributed by atoms with Crippen molar-refractivity contribution >= 4 is 21.6 Å². The van der Waals surface area contributed by atoms with Crippen LogP contribution in [0.25, 0.3) is 22.8 Å². The van der Waals surface area contributed by atoms with Crippen LogP contribution in [-0.4, -0.2) is 36.0 Å². The molecule has 2 heterocycles. The number of nitrogens with zero attached hydrogens (tertiary/aromatic N) is 3. The molecular formula is C19H17ClFN3O3S. The zero-order valence-electron chi connectivity index (χ0n) is 14.8. The third-order valence-corrected chi connectivity index (χ3v) is 6.86. The van der Waals surface area contributed by atoms with Crippen molar-refractivity contribution < 1.29 is 17.3 Å². The summed E-state index contributed by atoms with van der Waals surface area (Å²) in [6.45, 7) is 1.11. The Balaban J connectivity index is 1.57. The third kappa shape index (κ3) is 3.67. The lowest BCUT2D eigenvalue weighted by Crippen LogP contribution is -2.35. The molecule has 1 saturated heterocycles. The van der Waals surface area contributed by atoms with Gasteiger partial charge < -0.3 is 4.52 Å². The molecule has 3 aromatic rings. The average molecular weight is 422 g/mol. The number of benzene rings is 2. The van der Waals surface area contributed by atoms with Crippen LogP contribution in [0.4, 0.5) is 4.39 Å². The van der Waals surface area contributed by atoms with Crippen LogP contribution in [0.5, 0.6) is 0 Å². The van der Waals surface area contributed by atoms with Crippen LogP contribution in [0.1, 0.15) is 19.3 Å². The number of piperidine rings is 1. The summed E-state index contributed by atoms with van der Waals surface area (Å²) in [5, 5.41) is 3.88. The first-order valence-corrected chi connectivity index (χ1v) is 10.7. The van der Waals surface area contributed by atoms with Crippen LogP contribution in [0, 0.1) is 5.82 Å². The van der Waals surface area contributed by atoms with E-state index < -0.39 is 15.8 Å². The Kier molecular flexibility index (Phi) is 5.18. The molecule has 9 heteroatoms. The maximum Gasteiger partial charge on any atom is 0.258 e. The smallest absolute Gasteiger partial charge is 0.258 e. The lowest BCUT2D eigenvalue weighted by Gasteiger charge is -2.25. The first kappa shape index (κ1) is 19.0. The molecule has 0 radical (unpaired) electrons. The minimum absolute atomic E-state index is 0.0375. The van der Waals surface area contributed by atoms with Crippen LogP contribution in [0.2, 0.25) is 5.02 Å². The molecule has 4 rings (SSSR count). The first-order chi connectivity index (χ1) is 13.4. The molecule has 1 fully saturated rings. The summed E-state index contributed by atoms with van der Waals surface area (Å²) in [4.78, 5) is 4.53. The number of hydrogen-bond donors (Lipinski definition) is 0. The second kappa shape index (κ2) is 7.62. The lowest BCUT2D eigenvalue weighted by atomic mass is 10.2. The molecule has 0 bridgehead atoms. The highest BCUT2D eigenvalue weighted by Crippen LogP contribution is 2.27. The van der Waals surface area contributed by atoms with Crippen LogP contribution in [0.3, 0.4) is 0 Å². The minimum Gasteiger partial charge on any atom is -0.334 e. The standard InChI is InChI=1S/C19H17ClFN3O3S/c20-16-12-14(6-9-17(16)21)19-22-18(23-27-19)13-4-7-15(8-5-13)28(25,26)24-10-2-1-3-11-24/h4-9,12H,1-3,10-11H2. The molecule has 0 unspecified atom stereocenters. The summed E-state index contributed by atoms with van der Waals surface area (Å²) in [5.74, 6) is -0.0325. The van der Waals surface area contributed by atoms with Gasteiger partial charge in [-0.3, -0.25) is 0 Å². The highest BCUT2D eigenvalue weighted by atomic mass is 35.5. The van der Waals surface area contributed by atoms with E-state index in [1.807, 2.05) is 0 Å². The second-order valence-corrected chi connectivity index (χ2v) is 8.89. The quantitative estimate of drug-likeness (QED) is 0.625. The van der Waals surface area contributed by atoms with Crippen molar-refractivity contribution in [2.45, 2.75) is 24.2 Å². The molecule has 6 nitrogen and oxygen atoms in total. The average Bonchev–Trinajstić information content (AvgIpc) is 3.21. The molecule has 1 aromatic heterocycles. The Morgan fingerprint density at radius 3 is 2.36 bits per heavy atom. The maximum absolute atomic E-state index is 13.3. The third-order valence-electron chi connectivity index (χ3n) is 4.66. The van der Waals surface area contributed by atoms with Gasteiger partial charge in [0.2, 0.25) is 15.8 Å². The Morgan fingerprint density at radius 2 is 1.68 bits per heavy atom. The molecule has 0 N–H and O–H groups in total. The van der Waals surface area contributed by atoms with E-state index in [0.717, 1.165) is 19.3 Å². The second-order valence-electron chi connectivity index (χ2n) is 6.54. The van der Waals surface area contributed by atoms with Crippen molar-refractivity contribution in [3.63, 3.8) is 0 Å². The molecule has 1 aliphatic heterocycles. The molecule has 0 aliphatic carbocycles. The fourth-order valence-electron chi connectivity index (χ4n) is 3.12. The van der Waals surface area contributed by atoms with Gasteiger partial charge in [0, 0.05) is 24.2 Å². The van der Waals surface area contributed by atoms with Gasteiger partial charge >= 0.3 is 0 Å². The number of rotatable bonds is 4. The van der Waals surface area contributed by atoms with Gasteiger partial charge in [0.05, 0.1) is 9.92 Å². The van der Waals surface area contributed by atoms with E-state index >= 15 is 0 Å². The fourth-order valence-corrected chi connectivity index (χ4v) is 4.82. The predicted octanol–water partition coefficient (Wildman–Crippen LogP) is 4.37. The maximum atomic E-state index is 13.3. The number of aromatic nitrogens is 2. The Labute approximate surface area is 167 Å². The Bertz CT molecular complexity index is 1090. The molecular weight excluding hydrogens is 405 g/mol. The number of hydrogen-bond acceptors (Lipinski definition) is 5. The van der Waals surface area contributed by atoms with E-state index in [1.165, 1.54) is 22.5 Å². The normalized spacial score (nSPS) is 15.6. The molecule has 0 saturated carbocycles. The summed E-state index contributed by atoms with van der Waals surface area (Å²) in [6.07, 6.45) is 2.83. The van der Waals surface area contributed by atoms with Crippen LogP contribution in [-0.2, 0) is 10.0 Å². The van der Waals surface area contributed by atoms with Crippen molar-refractivity contribution in [1.82, 2.24) is 14.4 Å². The van der Waals surface area contributed by atoms with Crippen molar-refractivity contribution in [1.29, 1.82) is 0 Å². The van der Waals surface area contributed by atoms with Crippen molar-refractivity contribution in [3.8, 4) is 22.8 Å². The van der Waals surface area contributed by atoms with E-state index in [1.54, 1.807) is 24.3 Å². The largest absolute Gasteiger partial charge is 0.334 e. The van der Waals surface area contributed by atoms with E-state index in [9.17, 15) is 12.8 Å². The molecule has 2 aromatic carbocycles. The van der Waals surface area contributed by atoms with Gasteiger partial charge in [-0.05, 0) is 55.3 Å². The number of halogens is 2. The molecule has 1 aliphatic rings. The van der Waals surface area contributed by atoms with E-state index in [2.05, 4.69) is 10.1 Å². The van der Waals surface area contributed by atoms with Gasteiger partial charge in [0.1, 0.15) is 5.82 Å². The van der Waals surface area contributed by atoms with Gasteiger partial charge in [-0.15, -0.1) is 0 Å². The molecule has 0 spiro atoms. The zero-order chi connectivity index (χ0) is 19.7. The van der Waals surface area contributed by atoms with Gasteiger partial charge in [0.25, 0.3) is 5.89 Å². The topological polar surface area (TPSA) is 76.3 Å². The summed E-state index contributed by atoms with van der Waals surface area (Å²) >= 11 is 5.79. The molecule has 0 amide bonds. The SMILES string of the molecule is O=S(=O)(c1ccc(-c2noc(-c3ccc(F)c(Cl)c3)n2)cc1)N1CCCCC1. The lowest BCUT2D eigenvalue weighted by molar-refractivity contribution is 0.346. The summed E-state index contributed by atoms with van der Waals surface area (Å²) in [5.41, 5.74) is 1.11. The van der Waals surface area contributed by atoms with Gasteiger partial charge in [-0.25, -0.2) is 12.8 Å². The van der Waals surface area contributed by atoms with Crippen LogP contribution < -0.4 is 0 Å². The predicted molar refractivity (Wildman–Crippen MR) is 103 cm³/mol. The van der Waals surface area contributed by atoms with Crippen LogP contribution in [0.15, 0.2) is 51.9 Å².